The lowest BCUT2D eigenvalue weighted by Crippen LogP contribution is -2.35. The van der Waals surface area contributed by atoms with Crippen molar-refractivity contribution in [1.29, 1.82) is 0 Å². The minimum atomic E-state index is -0.0843. The van der Waals surface area contributed by atoms with E-state index in [0.29, 0.717) is 18.5 Å². The lowest BCUT2D eigenvalue weighted by molar-refractivity contribution is -0.121. The molecule has 1 aliphatic rings. The number of carbonyl (C=O) groups is 1. The molecule has 3 heterocycles. The first-order chi connectivity index (χ1) is 15.5. The summed E-state index contributed by atoms with van der Waals surface area (Å²) in [6, 6.07) is 8.16. The molecule has 1 saturated heterocycles. The highest BCUT2D eigenvalue weighted by molar-refractivity contribution is 7.17. The molecule has 1 N–H and O–H groups in total. The van der Waals surface area contributed by atoms with Gasteiger partial charge in [-0.15, -0.1) is 11.3 Å². The zero-order chi connectivity index (χ0) is 22.5. The highest BCUT2D eigenvalue weighted by Gasteiger charge is 2.16. The lowest BCUT2D eigenvalue weighted by atomic mass is 9.99. The van der Waals surface area contributed by atoms with Crippen LogP contribution in [-0.2, 0) is 11.3 Å². The second-order valence-electron chi connectivity index (χ2n) is 8.92. The minimum Gasteiger partial charge on any atom is -0.356 e. The summed E-state index contributed by atoms with van der Waals surface area (Å²) in [7, 11) is 0. The van der Waals surface area contributed by atoms with Crippen LogP contribution in [0.15, 0.2) is 40.8 Å². The highest BCUT2D eigenvalue weighted by Crippen LogP contribution is 2.30. The first-order valence-electron chi connectivity index (χ1n) is 11.5. The molecule has 0 atom stereocenters. The Labute approximate surface area is 193 Å². The average Bonchev–Trinajstić information content (AvgIpc) is 3.23. The third-order valence-electron chi connectivity index (χ3n) is 6.35. The van der Waals surface area contributed by atoms with Crippen molar-refractivity contribution in [1.82, 2.24) is 19.8 Å². The first-order valence-corrected chi connectivity index (χ1v) is 12.4. The molecule has 0 spiro atoms. The smallest absolute Gasteiger partial charge is 0.262 e. The van der Waals surface area contributed by atoms with Crippen LogP contribution in [0.2, 0.25) is 0 Å². The van der Waals surface area contributed by atoms with Gasteiger partial charge in [-0.25, -0.2) is 4.98 Å². The average molecular weight is 453 g/mol. The zero-order valence-corrected chi connectivity index (χ0v) is 19.8. The number of rotatable bonds is 8. The van der Waals surface area contributed by atoms with E-state index < -0.39 is 0 Å². The summed E-state index contributed by atoms with van der Waals surface area (Å²) in [4.78, 5) is 33.1. The van der Waals surface area contributed by atoms with Crippen LogP contribution < -0.4 is 10.9 Å². The van der Waals surface area contributed by atoms with Crippen LogP contribution >= 0.6 is 11.3 Å². The van der Waals surface area contributed by atoms with Gasteiger partial charge in [-0.3, -0.25) is 14.2 Å². The van der Waals surface area contributed by atoms with E-state index in [1.807, 2.05) is 36.6 Å². The second kappa shape index (κ2) is 10.4. The summed E-state index contributed by atoms with van der Waals surface area (Å²) in [6.07, 6.45) is 5.34. The van der Waals surface area contributed by atoms with E-state index in [9.17, 15) is 9.59 Å². The highest BCUT2D eigenvalue weighted by atomic mass is 32.1. The molecule has 32 heavy (non-hydrogen) atoms. The van der Waals surface area contributed by atoms with Gasteiger partial charge in [0, 0.05) is 30.5 Å². The normalized spacial score (nSPS) is 15.3. The molecule has 4 rings (SSSR count). The monoisotopic (exact) mass is 452 g/mol. The SMILES string of the molecule is Cc1ccc(-c2csc3ncn(CCC(=O)NCCCN4CCC(C)CC4)c(=O)c23)cc1. The predicted octanol–water partition coefficient (Wildman–Crippen LogP) is 4.06. The van der Waals surface area contributed by atoms with Gasteiger partial charge >= 0.3 is 0 Å². The number of amides is 1. The molecule has 0 aliphatic carbocycles. The summed E-state index contributed by atoms with van der Waals surface area (Å²) in [5.41, 5.74) is 3.02. The number of benzene rings is 1. The molecule has 1 aromatic carbocycles. The van der Waals surface area contributed by atoms with Gasteiger partial charge in [0.2, 0.25) is 5.91 Å². The Morgan fingerprint density at radius 2 is 1.94 bits per heavy atom. The van der Waals surface area contributed by atoms with E-state index in [4.69, 9.17) is 0 Å². The Kier molecular flexibility index (Phi) is 7.37. The van der Waals surface area contributed by atoms with Crippen LogP contribution in [0.3, 0.4) is 0 Å². The Morgan fingerprint density at radius 3 is 2.69 bits per heavy atom. The Hall–Kier alpha value is -2.51. The fourth-order valence-corrected chi connectivity index (χ4v) is 5.11. The van der Waals surface area contributed by atoms with Crippen LogP contribution in [0.5, 0.6) is 0 Å². The maximum Gasteiger partial charge on any atom is 0.262 e. The molecule has 0 unspecified atom stereocenters. The molecule has 6 nitrogen and oxygen atoms in total. The number of fused-ring (bicyclic) bond motifs is 1. The number of nitrogens with one attached hydrogen (secondary N) is 1. The molecule has 0 radical (unpaired) electrons. The topological polar surface area (TPSA) is 67.2 Å². The molecule has 1 fully saturated rings. The second-order valence-corrected chi connectivity index (χ2v) is 9.77. The summed E-state index contributed by atoms with van der Waals surface area (Å²) in [6.45, 7) is 8.75. The predicted molar refractivity (Wildman–Crippen MR) is 131 cm³/mol. The molecule has 1 amide bonds. The number of carbonyl (C=O) groups excluding carboxylic acids is 1. The number of likely N-dealkylation sites (tertiary alicyclic amines) is 1. The van der Waals surface area contributed by atoms with Crippen molar-refractivity contribution >= 4 is 27.5 Å². The van der Waals surface area contributed by atoms with Crippen LogP contribution in [0.4, 0.5) is 0 Å². The van der Waals surface area contributed by atoms with Crippen LogP contribution in [0, 0.1) is 12.8 Å². The van der Waals surface area contributed by atoms with Crippen LogP contribution in [-0.4, -0.2) is 46.5 Å². The van der Waals surface area contributed by atoms with E-state index in [-0.39, 0.29) is 17.9 Å². The van der Waals surface area contributed by atoms with Crippen molar-refractivity contribution in [2.24, 2.45) is 5.92 Å². The number of nitrogens with zero attached hydrogens (tertiary/aromatic N) is 3. The van der Waals surface area contributed by atoms with Gasteiger partial charge in [0.25, 0.3) is 5.56 Å². The summed E-state index contributed by atoms with van der Waals surface area (Å²) >= 11 is 1.48. The third-order valence-corrected chi connectivity index (χ3v) is 7.24. The number of hydrogen-bond acceptors (Lipinski definition) is 5. The van der Waals surface area contributed by atoms with E-state index in [0.717, 1.165) is 34.8 Å². The minimum absolute atomic E-state index is 0.0201. The van der Waals surface area contributed by atoms with Gasteiger partial charge in [-0.05, 0) is 57.3 Å². The largest absolute Gasteiger partial charge is 0.356 e. The van der Waals surface area contributed by atoms with Gasteiger partial charge in [0.15, 0.2) is 0 Å². The molecular weight excluding hydrogens is 420 g/mol. The van der Waals surface area contributed by atoms with Gasteiger partial charge in [0.05, 0.1) is 11.7 Å². The summed E-state index contributed by atoms with van der Waals surface area (Å²) in [5, 5.41) is 5.62. The molecular formula is C25H32N4O2S. The van der Waals surface area contributed by atoms with Crippen molar-refractivity contribution in [2.45, 2.75) is 46.1 Å². The molecule has 0 saturated carbocycles. The number of thiophene rings is 1. The van der Waals surface area contributed by atoms with Crippen molar-refractivity contribution in [3.05, 3.63) is 51.9 Å². The van der Waals surface area contributed by atoms with E-state index in [1.54, 1.807) is 10.9 Å². The fraction of sp³-hybridized carbons (Fsp3) is 0.480. The Balaban J connectivity index is 1.31. The van der Waals surface area contributed by atoms with Crippen molar-refractivity contribution < 1.29 is 4.79 Å². The molecule has 3 aromatic rings. The Morgan fingerprint density at radius 1 is 1.19 bits per heavy atom. The number of aromatic nitrogens is 2. The molecule has 0 bridgehead atoms. The van der Waals surface area contributed by atoms with Crippen molar-refractivity contribution in [3.63, 3.8) is 0 Å². The molecule has 2 aromatic heterocycles. The Bertz CT molecular complexity index is 1110. The van der Waals surface area contributed by atoms with E-state index >= 15 is 0 Å². The number of piperidine rings is 1. The maximum absolute atomic E-state index is 13.1. The van der Waals surface area contributed by atoms with Gasteiger partial charge in [-0.1, -0.05) is 36.8 Å². The summed E-state index contributed by atoms with van der Waals surface area (Å²) in [5.74, 6) is 0.818. The van der Waals surface area contributed by atoms with Gasteiger partial charge in [-0.2, -0.15) is 0 Å². The van der Waals surface area contributed by atoms with Crippen molar-refractivity contribution in [3.8, 4) is 11.1 Å². The van der Waals surface area contributed by atoms with Crippen LogP contribution in [0.1, 0.15) is 38.2 Å². The van der Waals surface area contributed by atoms with Crippen LogP contribution in [0.25, 0.3) is 21.3 Å². The fourth-order valence-electron chi connectivity index (χ4n) is 4.20. The van der Waals surface area contributed by atoms with E-state index in [2.05, 4.69) is 22.1 Å². The molecule has 1 aliphatic heterocycles. The maximum atomic E-state index is 13.1. The molecule has 170 valence electrons. The summed E-state index contributed by atoms with van der Waals surface area (Å²) < 4.78 is 1.56. The number of aryl methyl sites for hydroxylation is 2. The standard InChI is InChI=1S/C25H32N4O2S/c1-18-4-6-20(7-5-18)21-16-32-24-23(21)25(31)29(17-27-24)15-10-22(30)26-11-3-12-28-13-8-19(2)9-14-28/h4-7,16-17,19H,3,8-15H2,1-2H3,(H,26,30). The first kappa shape index (κ1) is 22.7. The quantitative estimate of drug-likeness (QED) is 0.524. The van der Waals surface area contributed by atoms with Gasteiger partial charge in [0.1, 0.15) is 4.83 Å². The third kappa shape index (κ3) is 5.45. The van der Waals surface area contributed by atoms with Crippen molar-refractivity contribution in [2.75, 3.05) is 26.2 Å². The van der Waals surface area contributed by atoms with E-state index in [1.165, 1.54) is 42.8 Å². The lowest BCUT2D eigenvalue weighted by Gasteiger charge is -2.30. The van der Waals surface area contributed by atoms with Gasteiger partial charge < -0.3 is 10.2 Å². The molecule has 7 heteroatoms. The zero-order valence-electron chi connectivity index (χ0n) is 19.0. The number of hydrogen-bond donors (Lipinski definition) is 1.